The van der Waals surface area contributed by atoms with Crippen LogP contribution in [0.15, 0.2) is 54.6 Å². The fourth-order valence-electron chi connectivity index (χ4n) is 2.48. The molecule has 0 saturated heterocycles. The van der Waals surface area contributed by atoms with Crippen molar-refractivity contribution >= 4 is 0 Å². The van der Waals surface area contributed by atoms with Crippen LogP contribution in [0, 0.1) is 0 Å². The molecule has 1 heteroatoms. The molecular weight excluding hydrogens is 254 g/mol. The molecule has 1 N–H and O–H groups in total. The van der Waals surface area contributed by atoms with Crippen molar-refractivity contribution in [1.29, 1.82) is 0 Å². The van der Waals surface area contributed by atoms with E-state index in [0.717, 1.165) is 13.1 Å². The molecule has 0 unspecified atom stereocenters. The van der Waals surface area contributed by atoms with Crippen molar-refractivity contribution in [3.05, 3.63) is 71.3 Å². The van der Waals surface area contributed by atoms with Gasteiger partial charge in [-0.25, -0.2) is 0 Å². The van der Waals surface area contributed by atoms with Crippen LogP contribution in [0.2, 0.25) is 0 Å². The van der Waals surface area contributed by atoms with Gasteiger partial charge in [0.25, 0.3) is 0 Å². The number of rotatable bonds is 8. The molecular formula is C20H27N. The van der Waals surface area contributed by atoms with E-state index in [2.05, 4.69) is 73.8 Å². The number of benzene rings is 2. The Morgan fingerprint density at radius 2 is 1.52 bits per heavy atom. The second-order valence-corrected chi connectivity index (χ2v) is 6.02. The highest BCUT2D eigenvalue weighted by molar-refractivity contribution is 5.24. The smallest absolute Gasteiger partial charge is 0.0205 e. The first-order chi connectivity index (χ1) is 10.3. The van der Waals surface area contributed by atoms with Gasteiger partial charge in [-0.05, 0) is 48.4 Å². The van der Waals surface area contributed by atoms with Crippen molar-refractivity contribution in [1.82, 2.24) is 5.32 Å². The third kappa shape index (κ3) is 5.73. The molecule has 0 spiro atoms. The van der Waals surface area contributed by atoms with E-state index in [0.29, 0.717) is 5.92 Å². The molecule has 2 aromatic rings. The van der Waals surface area contributed by atoms with Gasteiger partial charge in [-0.2, -0.15) is 0 Å². The number of hydrogen-bond donors (Lipinski definition) is 1. The van der Waals surface area contributed by atoms with Gasteiger partial charge in [-0.15, -0.1) is 0 Å². The van der Waals surface area contributed by atoms with E-state index in [1.165, 1.54) is 36.0 Å². The first-order valence-electron chi connectivity index (χ1n) is 8.09. The molecule has 0 aromatic heterocycles. The maximum atomic E-state index is 3.54. The van der Waals surface area contributed by atoms with E-state index in [1.807, 2.05) is 0 Å². The highest BCUT2D eigenvalue weighted by atomic mass is 14.8. The van der Waals surface area contributed by atoms with E-state index in [9.17, 15) is 0 Å². The maximum absolute atomic E-state index is 3.54. The molecule has 0 fully saturated rings. The Morgan fingerprint density at radius 1 is 0.810 bits per heavy atom. The predicted molar refractivity (Wildman–Crippen MR) is 91.6 cm³/mol. The van der Waals surface area contributed by atoms with E-state index >= 15 is 0 Å². The Bertz CT molecular complexity index is 499. The highest BCUT2D eigenvalue weighted by Gasteiger charge is 1.99. The van der Waals surface area contributed by atoms with Crippen molar-refractivity contribution in [2.75, 3.05) is 6.54 Å². The van der Waals surface area contributed by atoms with Crippen LogP contribution in [-0.4, -0.2) is 6.54 Å². The predicted octanol–water partition coefficient (Wildman–Crippen LogP) is 4.92. The zero-order valence-corrected chi connectivity index (χ0v) is 13.3. The molecule has 0 amide bonds. The van der Waals surface area contributed by atoms with Gasteiger partial charge >= 0.3 is 0 Å². The minimum absolute atomic E-state index is 0.616. The van der Waals surface area contributed by atoms with Crippen LogP contribution in [0.4, 0.5) is 0 Å². The van der Waals surface area contributed by atoms with Gasteiger partial charge in [0, 0.05) is 6.54 Å². The number of unbranched alkanes of at least 4 members (excludes halogenated alkanes) is 1. The van der Waals surface area contributed by atoms with Crippen LogP contribution in [0.5, 0.6) is 0 Å². The Balaban J connectivity index is 1.59. The van der Waals surface area contributed by atoms with Crippen molar-refractivity contribution in [3.63, 3.8) is 0 Å². The lowest BCUT2D eigenvalue weighted by Crippen LogP contribution is -2.14. The molecule has 112 valence electrons. The summed E-state index contributed by atoms with van der Waals surface area (Å²) in [6, 6.07) is 19.7. The lowest BCUT2D eigenvalue weighted by atomic mass is 10.0. The summed E-state index contributed by atoms with van der Waals surface area (Å²) in [4.78, 5) is 0. The van der Waals surface area contributed by atoms with Crippen LogP contribution in [0.25, 0.3) is 0 Å². The molecule has 0 atom stereocenters. The standard InChI is InChI=1S/C20H27N/c1-17(2)20-13-11-19(12-14-20)16-21-15-7-6-10-18-8-4-3-5-9-18/h3-5,8-9,11-14,17,21H,6-7,10,15-16H2,1-2H3. The minimum atomic E-state index is 0.616. The highest BCUT2D eigenvalue weighted by Crippen LogP contribution is 2.14. The fourth-order valence-corrected chi connectivity index (χ4v) is 2.48. The fraction of sp³-hybridized carbons (Fsp3) is 0.400. The average Bonchev–Trinajstić information content (AvgIpc) is 2.52. The largest absolute Gasteiger partial charge is 0.313 e. The lowest BCUT2D eigenvalue weighted by Gasteiger charge is -2.08. The number of aryl methyl sites for hydroxylation is 1. The third-order valence-corrected chi connectivity index (χ3v) is 3.89. The molecule has 0 radical (unpaired) electrons. The van der Waals surface area contributed by atoms with E-state index in [-0.39, 0.29) is 0 Å². The molecule has 0 aliphatic carbocycles. The first-order valence-corrected chi connectivity index (χ1v) is 8.09. The molecule has 0 saturated carbocycles. The minimum Gasteiger partial charge on any atom is -0.313 e. The van der Waals surface area contributed by atoms with Crippen LogP contribution in [0.3, 0.4) is 0 Å². The zero-order chi connectivity index (χ0) is 14.9. The SMILES string of the molecule is CC(C)c1ccc(CNCCCCc2ccccc2)cc1. The van der Waals surface area contributed by atoms with Gasteiger partial charge in [-0.1, -0.05) is 68.4 Å². The quantitative estimate of drug-likeness (QED) is 0.677. The van der Waals surface area contributed by atoms with Crippen LogP contribution in [0.1, 0.15) is 49.3 Å². The Hall–Kier alpha value is -1.60. The molecule has 2 aromatic carbocycles. The summed E-state index contributed by atoms with van der Waals surface area (Å²) < 4.78 is 0. The topological polar surface area (TPSA) is 12.0 Å². The van der Waals surface area contributed by atoms with Crippen LogP contribution >= 0.6 is 0 Å². The Morgan fingerprint density at radius 3 is 2.19 bits per heavy atom. The van der Waals surface area contributed by atoms with Gasteiger partial charge in [0.15, 0.2) is 0 Å². The number of hydrogen-bond acceptors (Lipinski definition) is 1. The Kier molecular flexibility index (Phi) is 6.49. The summed E-state index contributed by atoms with van der Waals surface area (Å²) in [5.74, 6) is 0.616. The third-order valence-electron chi connectivity index (χ3n) is 3.89. The van der Waals surface area contributed by atoms with Gasteiger partial charge < -0.3 is 5.32 Å². The maximum Gasteiger partial charge on any atom is 0.0205 e. The summed E-state index contributed by atoms with van der Waals surface area (Å²) in [6.45, 7) is 6.54. The van der Waals surface area contributed by atoms with E-state index < -0.39 is 0 Å². The van der Waals surface area contributed by atoms with Crippen molar-refractivity contribution in [2.45, 2.75) is 45.6 Å². The van der Waals surface area contributed by atoms with Crippen molar-refractivity contribution in [3.8, 4) is 0 Å². The second-order valence-electron chi connectivity index (χ2n) is 6.02. The van der Waals surface area contributed by atoms with Crippen molar-refractivity contribution in [2.24, 2.45) is 0 Å². The second kappa shape index (κ2) is 8.63. The summed E-state index contributed by atoms with van der Waals surface area (Å²) in [5, 5.41) is 3.54. The van der Waals surface area contributed by atoms with Crippen molar-refractivity contribution < 1.29 is 0 Å². The zero-order valence-electron chi connectivity index (χ0n) is 13.3. The molecule has 0 bridgehead atoms. The normalized spacial score (nSPS) is 11.0. The molecule has 0 heterocycles. The molecule has 1 nitrogen and oxygen atoms in total. The first kappa shape index (κ1) is 15.8. The van der Waals surface area contributed by atoms with E-state index in [4.69, 9.17) is 0 Å². The Labute approximate surface area is 129 Å². The summed E-state index contributed by atoms with van der Waals surface area (Å²) in [7, 11) is 0. The van der Waals surface area contributed by atoms with Gasteiger partial charge in [-0.3, -0.25) is 0 Å². The monoisotopic (exact) mass is 281 g/mol. The summed E-state index contributed by atoms with van der Waals surface area (Å²) in [5.41, 5.74) is 4.24. The molecule has 21 heavy (non-hydrogen) atoms. The lowest BCUT2D eigenvalue weighted by molar-refractivity contribution is 0.622. The van der Waals surface area contributed by atoms with Crippen LogP contribution in [-0.2, 0) is 13.0 Å². The molecule has 0 aliphatic heterocycles. The number of nitrogens with one attached hydrogen (secondary N) is 1. The molecule has 0 aliphatic rings. The van der Waals surface area contributed by atoms with Gasteiger partial charge in [0.1, 0.15) is 0 Å². The summed E-state index contributed by atoms with van der Waals surface area (Å²) >= 11 is 0. The molecule has 2 rings (SSSR count). The van der Waals surface area contributed by atoms with Gasteiger partial charge in [0.2, 0.25) is 0 Å². The summed E-state index contributed by atoms with van der Waals surface area (Å²) in [6.07, 6.45) is 3.67. The van der Waals surface area contributed by atoms with Gasteiger partial charge in [0.05, 0.1) is 0 Å². The average molecular weight is 281 g/mol. The van der Waals surface area contributed by atoms with E-state index in [1.54, 1.807) is 0 Å². The van der Waals surface area contributed by atoms with Crippen LogP contribution < -0.4 is 5.32 Å².